The van der Waals surface area contributed by atoms with E-state index in [1.807, 2.05) is 13.8 Å². The van der Waals surface area contributed by atoms with Crippen LogP contribution < -0.4 is 4.80 Å². The third-order valence-corrected chi connectivity index (χ3v) is 5.27. The number of carbonyl (C=O) groups excluding carboxylic acids is 1. The van der Waals surface area contributed by atoms with Gasteiger partial charge in [-0.1, -0.05) is 11.3 Å². The molecular formula is C18H22N4OS. The predicted molar refractivity (Wildman–Crippen MR) is 97.5 cm³/mol. The molecule has 0 unspecified atom stereocenters. The third-order valence-electron chi connectivity index (χ3n) is 4.23. The average molecular weight is 342 g/mol. The lowest BCUT2D eigenvalue weighted by molar-refractivity contribution is 0.0987. The molecule has 0 fully saturated rings. The molecule has 0 radical (unpaired) electrons. The number of carbonyl (C=O) groups is 1. The van der Waals surface area contributed by atoms with Crippen LogP contribution in [0.1, 0.15) is 41.2 Å². The van der Waals surface area contributed by atoms with Crippen molar-refractivity contribution < 1.29 is 4.79 Å². The summed E-state index contributed by atoms with van der Waals surface area (Å²) < 4.78 is 4.97. The molecule has 0 aliphatic rings. The molecule has 3 rings (SSSR count). The van der Waals surface area contributed by atoms with E-state index in [-0.39, 0.29) is 5.91 Å². The molecule has 0 aliphatic heterocycles. The first-order chi connectivity index (χ1) is 11.4. The van der Waals surface area contributed by atoms with Gasteiger partial charge >= 0.3 is 0 Å². The first kappa shape index (κ1) is 16.6. The molecule has 24 heavy (non-hydrogen) atoms. The first-order valence-electron chi connectivity index (χ1n) is 8.18. The van der Waals surface area contributed by atoms with Gasteiger partial charge in [0.2, 0.25) is 0 Å². The number of nitrogens with zero attached hydrogens (tertiary/aromatic N) is 4. The Morgan fingerprint density at radius 1 is 1.12 bits per heavy atom. The summed E-state index contributed by atoms with van der Waals surface area (Å²) in [6.45, 7) is 11.6. The van der Waals surface area contributed by atoms with Crippen LogP contribution in [0.25, 0.3) is 10.2 Å². The van der Waals surface area contributed by atoms with E-state index < -0.39 is 0 Å². The van der Waals surface area contributed by atoms with Gasteiger partial charge in [0, 0.05) is 13.1 Å². The van der Waals surface area contributed by atoms with Crippen LogP contribution in [-0.2, 0) is 13.1 Å². The number of benzene rings is 1. The summed E-state index contributed by atoms with van der Waals surface area (Å²) in [6, 6.07) is 6.15. The maximum absolute atomic E-state index is 12.7. The highest BCUT2D eigenvalue weighted by atomic mass is 32.1. The van der Waals surface area contributed by atoms with Gasteiger partial charge in [-0.2, -0.15) is 10.1 Å². The van der Waals surface area contributed by atoms with E-state index >= 15 is 0 Å². The summed E-state index contributed by atoms with van der Waals surface area (Å²) in [4.78, 5) is 17.8. The van der Waals surface area contributed by atoms with Gasteiger partial charge in [-0.25, -0.2) is 0 Å². The predicted octanol–water partition coefficient (Wildman–Crippen LogP) is 3.61. The van der Waals surface area contributed by atoms with Gasteiger partial charge in [0.15, 0.2) is 4.80 Å². The molecule has 0 aliphatic carbocycles. The van der Waals surface area contributed by atoms with Crippen molar-refractivity contribution in [1.82, 2.24) is 14.3 Å². The minimum absolute atomic E-state index is 0.236. The maximum atomic E-state index is 12.7. The fraction of sp³-hybridized carbons (Fsp3) is 0.389. The van der Waals surface area contributed by atoms with Crippen LogP contribution in [0.15, 0.2) is 23.2 Å². The number of aromatic nitrogens is 3. The van der Waals surface area contributed by atoms with Crippen LogP contribution >= 0.6 is 11.3 Å². The van der Waals surface area contributed by atoms with Crippen LogP contribution in [-0.4, -0.2) is 20.3 Å². The Morgan fingerprint density at radius 2 is 1.83 bits per heavy atom. The van der Waals surface area contributed by atoms with Crippen molar-refractivity contribution in [3.8, 4) is 0 Å². The van der Waals surface area contributed by atoms with Crippen molar-refractivity contribution >= 4 is 27.5 Å². The molecule has 126 valence electrons. The van der Waals surface area contributed by atoms with Crippen LogP contribution in [0.3, 0.4) is 0 Å². The fourth-order valence-electron chi connectivity index (χ4n) is 2.82. The molecule has 6 heteroatoms. The molecule has 0 bridgehead atoms. The minimum Gasteiger partial charge on any atom is -0.317 e. The number of aryl methyl sites for hydroxylation is 5. The zero-order valence-electron chi connectivity index (χ0n) is 14.8. The monoisotopic (exact) mass is 342 g/mol. The second kappa shape index (κ2) is 6.36. The highest BCUT2D eigenvalue weighted by Crippen LogP contribution is 2.22. The quantitative estimate of drug-likeness (QED) is 0.730. The Balaban J connectivity index is 2.17. The molecule has 3 aromatic rings. The molecule has 0 spiro atoms. The normalized spacial score (nSPS) is 12.3. The minimum atomic E-state index is -0.236. The highest BCUT2D eigenvalue weighted by Gasteiger charge is 2.14. The Labute approximate surface area is 145 Å². The number of fused-ring (bicyclic) bond motifs is 1. The lowest BCUT2D eigenvalue weighted by atomic mass is 10.1. The van der Waals surface area contributed by atoms with E-state index in [9.17, 15) is 4.79 Å². The van der Waals surface area contributed by atoms with Gasteiger partial charge in [-0.3, -0.25) is 9.48 Å². The highest BCUT2D eigenvalue weighted by molar-refractivity contribution is 7.16. The number of thiazole rings is 1. The largest absolute Gasteiger partial charge is 0.317 e. The topological polar surface area (TPSA) is 52.2 Å². The number of amides is 1. The fourth-order valence-corrected chi connectivity index (χ4v) is 3.99. The molecular weight excluding hydrogens is 320 g/mol. The average Bonchev–Trinajstić information content (AvgIpc) is 3.07. The van der Waals surface area contributed by atoms with Gasteiger partial charge in [0.1, 0.15) is 5.69 Å². The smallest absolute Gasteiger partial charge is 0.297 e. The Kier molecular flexibility index (Phi) is 4.41. The third kappa shape index (κ3) is 2.82. The van der Waals surface area contributed by atoms with Crippen LogP contribution in [0.2, 0.25) is 0 Å². The number of hydrogen-bond donors (Lipinski definition) is 0. The van der Waals surface area contributed by atoms with E-state index in [1.165, 1.54) is 11.1 Å². The standard InChI is InChI=1S/C18H22N4OS/c1-6-21-14-8-11(3)12(4)9-16(14)24-18(21)19-17(23)15-10-13(5)20-22(15)7-2/h8-10H,6-7H2,1-5H3. The van der Waals surface area contributed by atoms with Crippen molar-refractivity contribution in [2.45, 2.75) is 47.7 Å². The summed E-state index contributed by atoms with van der Waals surface area (Å²) in [5, 5.41) is 4.33. The summed E-state index contributed by atoms with van der Waals surface area (Å²) in [5.74, 6) is -0.236. The molecule has 5 nitrogen and oxygen atoms in total. The summed E-state index contributed by atoms with van der Waals surface area (Å²) in [5.41, 5.74) is 5.02. The van der Waals surface area contributed by atoms with Crippen LogP contribution in [0.4, 0.5) is 0 Å². The first-order valence-corrected chi connectivity index (χ1v) is 9.00. The molecule has 0 saturated carbocycles. The zero-order valence-corrected chi connectivity index (χ0v) is 15.6. The number of rotatable bonds is 3. The van der Waals surface area contributed by atoms with E-state index in [2.05, 4.69) is 47.6 Å². The second-order valence-corrected chi connectivity index (χ2v) is 6.95. The van der Waals surface area contributed by atoms with Crippen molar-refractivity contribution in [2.24, 2.45) is 4.99 Å². The lowest BCUT2D eigenvalue weighted by Gasteiger charge is -2.03. The molecule has 0 saturated heterocycles. The Bertz CT molecular complexity index is 991. The van der Waals surface area contributed by atoms with Crippen LogP contribution in [0.5, 0.6) is 0 Å². The second-order valence-electron chi connectivity index (χ2n) is 5.94. The van der Waals surface area contributed by atoms with Gasteiger partial charge in [0.05, 0.1) is 15.9 Å². The van der Waals surface area contributed by atoms with Gasteiger partial charge in [-0.05, 0) is 63.9 Å². The van der Waals surface area contributed by atoms with Gasteiger partial charge in [-0.15, -0.1) is 0 Å². The molecule has 0 N–H and O–H groups in total. The molecule has 2 heterocycles. The van der Waals surface area contributed by atoms with Gasteiger partial charge in [0.25, 0.3) is 5.91 Å². The van der Waals surface area contributed by atoms with E-state index in [1.54, 1.807) is 22.1 Å². The number of hydrogen-bond acceptors (Lipinski definition) is 3. The van der Waals surface area contributed by atoms with Crippen molar-refractivity contribution in [2.75, 3.05) is 0 Å². The molecule has 0 atom stereocenters. The Morgan fingerprint density at radius 3 is 2.50 bits per heavy atom. The molecule has 1 amide bonds. The van der Waals surface area contributed by atoms with E-state index in [4.69, 9.17) is 0 Å². The van der Waals surface area contributed by atoms with E-state index in [0.29, 0.717) is 12.2 Å². The van der Waals surface area contributed by atoms with Crippen LogP contribution in [0, 0.1) is 20.8 Å². The molecule has 1 aromatic carbocycles. The van der Waals surface area contributed by atoms with Crippen molar-refractivity contribution in [3.05, 3.63) is 45.5 Å². The van der Waals surface area contributed by atoms with Crippen molar-refractivity contribution in [1.29, 1.82) is 0 Å². The molecule has 2 aromatic heterocycles. The summed E-state index contributed by atoms with van der Waals surface area (Å²) >= 11 is 1.56. The van der Waals surface area contributed by atoms with E-state index in [0.717, 1.165) is 27.3 Å². The van der Waals surface area contributed by atoms with Crippen molar-refractivity contribution in [3.63, 3.8) is 0 Å². The SMILES string of the molecule is CCn1nc(C)cc1C(=O)N=c1sc2cc(C)c(C)cc2n1CC. The summed E-state index contributed by atoms with van der Waals surface area (Å²) in [6.07, 6.45) is 0. The Hall–Kier alpha value is -2.21. The maximum Gasteiger partial charge on any atom is 0.297 e. The zero-order chi connectivity index (χ0) is 17.4. The lowest BCUT2D eigenvalue weighted by Crippen LogP contribution is -2.17. The van der Waals surface area contributed by atoms with Gasteiger partial charge < -0.3 is 4.57 Å². The summed E-state index contributed by atoms with van der Waals surface area (Å²) in [7, 11) is 0.